The maximum absolute atomic E-state index is 5.95. The van der Waals surface area contributed by atoms with E-state index >= 15 is 0 Å². The lowest BCUT2D eigenvalue weighted by atomic mass is 9.72. The van der Waals surface area contributed by atoms with Crippen molar-refractivity contribution in [2.24, 2.45) is 11.3 Å². The van der Waals surface area contributed by atoms with Gasteiger partial charge in [0.15, 0.2) is 0 Å². The molecule has 0 spiro atoms. The first-order valence-electron chi connectivity index (χ1n) is 9.20. The van der Waals surface area contributed by atoms with Crippen molar-refractivity contribution in [2.45, 2.75) is 65.7 Å². The zero-order valence-corrected chi connectivity index (χ0v) is 15.7. The van der Waals surface area contributed by atoms with Gasteiger partial charge < -0.3 is 10.1 Å². The summed E-state index contributed by atoms with van der Waals surface area (Å²) in [5.74, 6) is 1.79. The Hall–Kier alpha value is -1.02. The highest BCUT2D eigenvalue weighted by molar-refractivity contribution is 5.31. The van der Waals surface area contributed by atoms with Gasteiger partial charge in [0.25, 0.3) is 0 Å². The maximum atomic E-state index is 5.95. The number of rotatable bonds is 6. The summed E-state index contributed by atoms with van der Waals surface area (Å²) in [7, 11) is 0. The van der Waals surface area contributed by atoms with E-state index in [9.17, 15) is 0 Å². The van der Waals surface area contributed by atoms with Crippen LogP contribution in [0.15, 0.2) is 24.3 Å². The molecule has 0 bridgehead atoms. The Morgan fingerprint density at radius 1 is 1.09 bits per heavy atom. The molecule has 1 heterocycles. The van der Waals surface area contributed by atoms with Crippen LogP contribution in [0.1, 0.15) is 65.9 Å². The fourth-order valence-electron chi connectivity index (χ4n) is 3.94. The standard InChI is InChI=1S/C21H35NO/c1-20(2,3)16-21(4,5)18-8-10-19(11-9-18)23-14-12-17-7-6-13-22-15-17/h8-11,17,22H,6-7,12-16H2,1-5H3/t17-/m0/s1. The summed E-state index contributed by atoms with van der Waals surface area (Å²) >= 11 is 0. The van der Waals surface area contributed by atoms with Crippen molar-refractivity contribution in [3.05, 3.63) is 29.8 Å². The minimum atomic E-state index is 0.199. The number of hydrogen-bond donors (Lipinski definition) is 1. The molecule has 1 saturated heterocycles. The van der Waals surface area contributed by atoms with Gasteiger partial charge in [0.2, 0.25) is 0 Å². The van der Waals surface area contributed by atoms with Crippen molar-refractivity contribution in [3.63, 3.8) is 0 Å². The molecule has 0 aliphatic carbocycles. The highest BCUT2D eigenvalue weighted by Crippen LogP contribution is 2.36. The molecular formula is C21H35NO. The molecule has 1 aliphatic rings. The van der Waals surface area contributed by atoms with Crippen LogP contribution in [0.25, 0.3) is 0 Å². The first kappa shape index (κ1) is 18.3. The molecule has 0 saturated carbocycles. The lowest BCUT2D eigenvalue weighted by Crippen LogP contribution is -2.30. The smallest absolute Gasteiger partial charge is 0.119 e. The molecule has 1 fully saturated rings. The van der Waals surface area contributed by atoms with E-state index in [1.807, 2.05) is 0 Å². The van der Waals surface area contributed by atoms with Gasteiger partial charge in [-0.25, -0.2) is 0 Å². The number of nitrogens with one attached hydrogen (secondary N) is 1. The summed E-state index contributed by atoms with van der Waals surface area (Å²) in [6.07, 6.45) is 4.98. The van der Waals surface area contributed by atoms with Gasteiger partial charge in [0.1, 0.15) is 5.75 Å². The Labute approximate surface area is 143 Å². The molecule has 0 unspecified atom stereocenters. The first-order chi connectivity index (χ1) is 10.8. The lowest BCUT2D eigenvalue weighted by Gasteiger charge is -2.33. The first-order valence-corrected chi connectivity index (χ1v) is 9.20. The maximum Gasteiger partial charge on any atom is 0.119 e. The zero-order chi connectivity index (χ0) is 16.9. The molecule has 130 valence electrons. The normalized spacial score (nSPS) is 19.6. The third kappa shape index (κ3) is 6.18. The summed E-state index contributed by atoms with van der Waals surface area (Å²) in [6.45, 7) is 14.8. The Kier molecular flexibility index (Phi) is 6.13. The number of hydrogen-bond acceptors (Lipinski definition) is 2. The van der Waals surface area contributed by atoms with E-state index < -0.39 is 0 Å². The highest BCUT2D eigenvalue weighted by atomic mass is 16.5. The molecule has 1 aromatic carbocycles. The van der Waals surface area contributed by atoms with Crippen LogP contribution in [0.5, 0.6) is 5.75 Å². The minimum Gasteiger partial charge on any atom is -0.494 e. The summed E-state index contributed by atoms with van der Waals surface area (Å²) in [6, 6.07) is 8.75. The van der Waals surface area contributed by atoms with Crippen LogP contribution in [0, 0.1) is 11.3 Å². The molecule has 0 radical (unpaired) electrons. The Bertz CT molecular complexity index is 464. The second-order valence-electron chi connectivity index (χ2n) is 9.00. The van der Waals surface area contributed by atoms with Crippen LogP contribution < -0.4 is 10.1 Å². The van der Waals surface area contributed by atoms with Crippen LogP contribution >= 0.6 is 0 Å². The van der Waals surface area contributed by atoms with Crippen LogP contribution in [-0.4, -0.2) is 19.7 Å². The zero-order valence-electron chi connectivity index (χ0n) is 15.7. The summed E-state index contributed by atoms with van der Waals surface area (Å²) in [5, 5.41) is 3.47. The summed E-state index contributed by atoms with van der Waals surface area (Å²) in [5.41, 5.74) is 1.94. The van der Waals surface area contributed by atoms with Gasteiger partial charge in [-0.2, -0.15) is 0 Å². The van der Waals surface area contributed by atoms with E-state index in [4.69, 9.17) is 4.74 Å². The molecule has 2 heteroatoms. The van der Waals surface area contributed by atoms with Gasteiger partial charge in [0, 0.05) is 0 Å². The van der Waals surface area contributed by atoms with Gasteiger partial charge in [-0.05, 0) is 73.2 Å². The SMILES string of the molecule is CC(C)(C)CC(C)(C)c1ccc(OCC[C@@H]2CCCNC2)cc1. The third-order valence-corrected chi connectivity index (χ3v) is 4.80. The molecule has 2 nitrogen and oxygen atoms in total. The van der Waals surface area contributed by atoms with Crippen molar-refractivity contribution in [2.75, 3.05) is 19.7 Å². The van der Waals surface area contributed by atoms with Crippen molar-refractivity contribution in [1.29, 1.82) is 0 Å². The van der Waals surface area contributed by atoms with Gasteiger partial charge in [-0.15, -0.1) is 0 Å². The van der Waals surface area contributed by atoms with E-state index in [1.165, 1.54) is 31.4 Å². The second-order valence-corrected chi connectivity index (χ2v) is 9.00. The quantitative estimate of drug-likeness (QED) is 0.781. The fraction of sp³-hybridized carbons (Fsp3) is 0.714. The van der Waals surface area contributed by atoms with Crippen molar-refractivity contribution >= 4 is 0 Å². The molecule has 0 aromatic heterocycles. The van der Waals surface area contributed by atoms with Crippen molar-refractivity contribution < 1.29 is 4.74 Å². The van der Waals surface area contributed by atoms with Gasteiger partial charge in [0.05, 0.1) is 6.61 Å². The fourth-order valence-corrected chi connectivity index (χ4v) is 3.94. The van der Waals surface area contributed by atoms with Gasteiger partial charge in [-0.1, -0.05) is 46.8 Å². The second kappa shape index (κ2) is 7.70. The highest BCUT2D eigenvalue weighted by Gasteiger charge is 2.27. The molecule has 1 aliphatic heterocycles. The van der Waals surface area contributed by atoms with E-state index in [-0.39, 0.29) is 5.41 Å². The molecular weight excluding hydrogens is 282 g/mol. The topological polar surface area (TPSA) is 21.3 Å². The Morgan fingerprint density at radius 3 is 2.35 bits per heavy atom. The van der Waals surface area contributed by atoms with Crippen LogP contribution in [0.3, 0.4) is 0 Å². The average molecular weight is 318 g/mol. The monoisotopic (exact) mass is 317 g/mol. The Morgan fingerprint density at radius 2 is 1.78 bits per heavy atom. The van der Waals surface area contributed by atoms with Crippen LogP contribution in [0.4, 0.5) is 0 Å². The summed E-state index contributed by atoms with van der Waals surface area (Å²) < 4.78 is 5.95. The predicted octanol–water partition coefficient (Wildman–Crippen LogP) is 5.17. The van der Waals surface area contributed by atoms with E-state index in [2.05, 4.69) is 64.2 Å². The van der Waals surface area contributed by atoms with Crippen molar-refractivity contribution in [1.82, 2.24) is 5.32 Å². The van der Waals surface area contributed by atoms with E-state index in [1.54, 1.807) is 0 Å². The van der Waals surface area contributed by atoms with E-state index in [0.29, 0.717) is 5.41 Å². The predicted molar refractivity (Wildman–Crippen MR) is 99.2 cm³/mol. The largest absolute Gasteiger partial charge is 0.494 e. The van der Waals surface area contributed by atoms with Crippen LogP contribution in [0.2, 0.25) is 0 Å². The number of benzene rings is 1. The van der Waals surface area contributed by atoms with Gasteiger partial charge >= 0.3 is 0 Å². The third-order valence-electron chi connectivity index (χ3n) is 4.80. The molecule has 0 amide bonds. The van der Waals surface area contributed by atoms with Crippen LogP contribution in [-0.2, 0) is 5.41 Å². The van der Waals surface area contributed by atoms with Crippen molar-refractivity contribution in [3.8, 4) is 5.75 Å². The molecule has 1 atom stereocenters. The van der Waals surface area contributed by atoms with E-state index in [0.717, 1.165) is 31.2 Å². The van der Waals surface area contributed by atoms with Gasteiger partial charge in [-0.3, -0.25) is 0 Å². The lowest BCUT2D eigenvalue weighted by molar-refractivity contribution is 0.253. The molecule has 2 rings (SSSR count). The number of ether oxygens (including phenoxy) is 1. The molecule has 23 heavy (non-hydrogen) atoms. The summed E-state index contributed by atoms with van der Waals surface area (Å²) in [4.78, 5) is 0. The Balaban J connectivity index is 1.84. The number of piperidine rings is 1. The average Bonchev–Trinajstić information content (AvgIpc) is 2.46. The molecule has 1 N–H and O–H groups in total. The minimum absolute atomic E-state index is 0.199. The molecule has 1 aromatic rings.